The van der Waals surface area contributed by atoms with Gasteiger partial charge in [-0.1, -0.05) is 30.4 Å². The van der Waals surface area contributed by atoms with E-state index in [1.807, 2.05) is 54.6 Å². The summed E-state index contributed by atoms with van der Waals surface area (Å²) in [6.07, 6.45) is 4.81. The van der Waals surface area contributed by atoms with Crippen LogP contribution in [0.2, 0.25) is 0 Å². The zero-order valence-corrected chi connectivity index (χ0v) is 24.6. The largest absolute Gasteiger partial charge is 0.493 e. The second-order valence-corrected chi connectivity index (χ2v) is 9.94. The molecule has 1 aliphatic heterocycles. The third-order valence-corrected chi connectivity index (χ3v) is 7.61. The van der Waals surface area contributed by atoms with Gasteiger partial charge in [0, 0.05) is 5.92 Å². The van der Waals surface area contributed by atoms with Crippen LogP contribution in [0.5, 0.6) is 34.5 Å². The summed E-state index contributed by atoms with van der Waals surface area (Å²) in [6.45, 7) is 0.407. The van der Waals surface area contributed by atoms with Crippen molar-refractivity contribution in [2.24, 2.45) is 11.8 Å². The third kappa shape index (κ3) is 6.89. The molecule has 1 N–H and O–H groups in total. The quantitative estimate of drug-likeness (QED) is 0.276. The molecule has 8 nitrogen and oxygen atoms in total. The molecule has 8 heteroatoms. The average Bonchev–Trinajstić information content (AvgIpc) is 3.03. The van der Waals surface area contributed by atoms with Crippen molar-refractivity contribution >= 4 is 6.08 Å². The van der Waals surface area contributed by atoms with Crippen LogP contribution >= 0.6 is 0 Å². The molecule has 0 amide bonds. The van der Waals surface area contributed by atoms with Gasteiger partial charge in [-0.3, -0.25) is 0 Å². The van der Waals surface area contributed by atoms with Crippen molar-refractivity contribution in [3.63, 3.8) is 0 Å². The van der Waals surface area contributed by atoms with Crippen molar-refractivity contribution in [1.82, 2.24) is 0 Å². The van der Waals surface area contributed by atoms with Gasteiger partial charge in [-0.25, -0.2) is 0 Å². The highest BCUT2D eigenvalue weighted by Gasteiger charge is 2.36. The summed E-state index contributed by atoms with van der Waals surface area (Å²) in [5.41, 5.74) is 2.77. The van der Waals surface area contributed by atoms with E-state index >= 15 is 0 Å². The molecule has 0 unspecified atom stereocenters. The molecule has 0 aromatic heterocycles. The smallest absolute Gasteiger partial charge is 0.161 e. The van der Waals surface area contributed by atoms with Crippen LogP contribution in [0.1, 0.15) is 41.7 Å². The van der Waals surface area contributed by atoms with Crippen LogP contribution in [0, 0.1) is 11.8 Å². The fourth-order valence-electron chi connectivity index (χ4n) is 5.43. The zero-order chi connectivity index (χ0) is 29.4. The van der Waals surface area contributed by atoms with Crippen LogP contribution in [-0.4, -0.2) is 54.4 Å². The van der Waals surface area contributed by atoms with Gasteiger partial charge in [-0.05, 0) is 71.8 Å². The Morgan fingerprint density at radius 3 is 1.93 bits per heavy atom. The van der Waals surface area contributed by atoms with Gasteiger partial charge in [-0.2, -0.15) is 0 Å². The van der Waals surface area contributed by atoms with E-state index < -0.39 is 6.10 Å². The molecule has 1 fully saturated rings. The summed E-state index contributed by atoms with van der Waals surface area (Å²) in [5, 5.41) is 11.4. The summed E-state index contributed by atoms with van der Waals surface area (Å²) in [4.78, 5) is 0. The molecule has 0 saturated carbocycles. The first-order chi connectivity index (χ1) is 20.0. The van der Waals surface area contributed by atoms with Crippen molar-refractivity contribution in [2.75, 3.05) is 49.3 Å². The normalized spacial score (nSPS) is 19.4. The SMILES string of the molecule is COc1ccc(/C=C/C[C@H]2C[C@H]([C@H](O)c3ccc(OC)c(OC)c3)CO[C@@H]2c2ccc(OC)c(OC)c2)cc1OC. The fourth-order valence-corrected chi connectivity index (χ4v) is 5.43. The summed E-state index contributed by atoms with van der Waals surface area (Å²) >= 11 is 0. The molecule has 0 aliphatic carbocycles. The van der Waals surface area contributed by atoms with Crippen LogP contribution < -0.4 is 28.4 Å². The number of aliphatic hydroxyl groups excluding tert-OH is 1. The first kappa shape index (κ1) is 30.1. The Morgan fingerprint density at radius 1 is 0.732 bits per heavy atom. The number of hydrogen-bond acceptors (Lipinski definition) is 8. The molecule has 41 heavy (non-hydrogen) atoms. The minimum absolute atomic E-state index is 0.0954. The average molecular weight is 565 g/mol. The molecule has 0 radical (unpaired) electrons. The molecule has 4 atom stereocenters. The van der Waals surface area contributed by atoms with E-state index in [2.05, 4.69) is 12.2 Å². The minimum Gasteiger partial charge on any atom is -0.493 e. The summed E-state index contributed by atoms with van der Waals surface area (Å²) in [5.74, 6) is 3.87. The molecular formula is C33H40O8. The molecule has 3 aromatic rings. The topological polar surface area (TPSA) is 84.8 Å². The second-order valence-electron chi connectivity index (χ2n) is 9.94. The standard InChI is InChI=1S/C33H40O8/c1-35-26-13-10-21(16-29(26)38-4)8-7-9-23-17-25(32(34)22-11-14-27(36-2)30(18-22)39-5)20-41-33(23)24-12-15-28(37-3)31(19-24)40-6/h7-8,10-16,18-19,23,25,32-34H,9,17,20H2,1-6H3/b8-7+/t23-,25-,32+,33-/m0/s1. The summed E-state index contributed by atoms with van der Waals surface area (Å²) in [6, 6.07) is 17.2. The number of ether oxygens (including phenoxy) is 7. The van der Waals surface area contributed by atoms with Crippen LogP contribution in [0.15, 0.2) is 60.7 Å². The predicted molar refractivity (Wildman–Crippen MR) is 158 cm³/mol. The highest BCUT2D eigenvalue weighted by Crippen LogP contribution is 2.44. The van der Waals surface area contributed by atoms with E-state index in [9.17, 15) is 5.11 Å². The fraction of sp³-hybridized carbons (Fsp3) is 0.394. The van der Waals surface area contributed by atoms with E-state index in [0.29, 0.717) is 41.1 Å². The maximum atomic E-state index is 11.4. The highest BCUT2D eigenvalue weighted by atomic mass is 16.5. The molecule has 220 valence electrons. The van der Waals surface area contributed by atoms with Gasteiger partial charge >= 0.3 is 0 Å². The van der Waals surface area contributed by atoms with Gasteiger partial charge < -0.3 is 38.3 Å². The summed E-state index contributed by atoms with van der Waals surface area (Å²) in [7, 11) is 9.68. The van der Waals surface area contributed by atoms with E-state index in [0.717, 1.165) is 29.5 Å². The predicted octanol–water partition coefficient (Wildman–Crippen LogP) is 6.27. The van der Waals surface area contributed by atoms with E-state index in [4.69, 9.17) is 33.2 Å². The van der Waals surface area contributed by atoms with Gasteiger partial charge in [0.15, 0.2) is 34.5 Å². The Labute approximate surface area is 242 Å². The first-order valence-corrected chi connectivity index (χ1v) is 13.6. The highest BCUT2D eigenvalue weighted by molar-refractivity contribution is 5.56. The van der Waals surface area contributed by atoms with Crippen LogP contribution in [0.25, 0.3) is 6.08 Å². The van der Waals surface area contributed by atoms with Crippen molar-refractivity contribution in [1.29, 1.82) is 0 Å². The van der Waals surface area contributed by atoms with E-state index in [1.165, 1.54) is 0 Å². The first-order valence-electron chi connectivity index (χ1n) is 13.6. The van der Waals surface area contributed by atoms with Gasteiger partial charge in [0.05, 0.1) is 61.5 Å². The van der Waals surface area contributed by atoms with Gasteiger partial charge in [0.1, 0.15) is 0 Å². The van der Waals surface area contributed by atoms with Crippen molar-refractivity contribution in [3.8, 4) is 34.5 Å². The van der Waals surface area contributed by atoms with Crippen LogP contribution in [-0.2, 0) is 4.74 Å². The Kier molecular flexibility index (Phi) is 10.4. The molecule has 1 saturated heterocycles. The Morgan fingerprint density at radius 2 is 1.29 bits per heavy atom. The lowest BCUT2D eigenvalue weighted by molar-refractivity contribution is -0.0901. The maximum Gasteiger partial charge on any atom is 0.161 e. The lowest BCUT2D eigenvalue weighted by atomic mass is 9.79. The van der Waals surface area contributed by atoms with Crippen molar-refractivity contribution in [3.05, 3.63) is 77.4 Å². The molecule has 3 aromatic carbocycles. The molecule has 0 bridgehead atoms. The lowest BCUT2D eigenvalue weighted by Gasteiger charge is -2.38. The van der Waals surface area contributed by atoms with Gasteiger partial charge in [0.2, 0.25) is 0 Å². The van der Waals surface area contributed by atoms with Crippen molar-refractivity contribution in [2.45, 2.75) is 25.0 Å². The number of benzene rings is 3. The monoisotopic (exact) mass is 564 g/mol. The molecule has 1 aliphatic rings. The van der Waals surface area contributed by atoms with E-state index in [-0.39, 0.29) is 17.9 Å². The van der Waals surface area contributed by atoms with Crippen molar-refractivity contribution < 1.29 is 38.3 Å². The lowest BCUT2D eigenvalue weighted by Crippen LogP contribution is -2.32. The molecule has 0 spiro atoms. The third-order valence-electron chi connectivity index (χ3n) is 7.61. The Balaban J connectivity index is 1.59. The Bertz CT molecular complexity index is 1320. The number of rotatable bonds is 12. The molecule has 1 heterocycles. The zero-order valence-electron chi connectivity index (χ0n) is 24.6. The number of methoxy groups -OCH3 is 6. The number of hydrogen-bond donors (Lipinski definition) is 1. The summed E-state index contributed by atoms with van der Waals surface area (Å²) < 4.78 is 39.1. The van der Waals surface area contributed by atoms with Gasteiger partial charge in [0.25, 0.3) is 0 Å². The Hall–Kier alpha value is -3.88. The number of aliphatic hydroxyl groups is 1. The minimum atomic E-state index is -0.724. The van der Waals surface area contributed by atoms with Gasteiger partial charge in [-0.15, -0.1) is 0 Å². The maximum absolute atomic E-state index is 11.4. The molecule has 4 rings (SSSR count). The molecular weight excluding hydrogens is 524 g/mol. The van der Waals surface area contributed by atoms with E-state index in [1.54, 1.807) is 42.7 Å². The number of allylic oxidation sites excluding steroid dienone is 1. The second kappa shape index (κ2) is 14.1. The van der Waals surface area contributed by atoms with Crippen LogP contribution in [0.4, 0.5) is 0 Å². The van der Waals surface area contributed by atoms with Crippen LogP contribution in [0.3, 0.4) is 0 Å².